The minimum atomic E-state index is -0.694. The van der Waals surface area contributed by atoms with Gasteiger partial charge in [0.2, 0.25) is 5.90 Å². The van der Waals surface area contributed by atoms with Crippen molar-refractivity contribution in [1.82, 2.24) is 0 Å². The molecule has 0 atom stereocenters. The van der Waals surface area contributed by atoms with E-state index in [0.29, 0.717) is 18.9 Å². The summed E-state index contributed by atoms with van der Waals surface area (Å²) in [4.78, 5) is 15.7. The lowest BCUT2D eigenvalue weighted by Crippen LogP contribution is -2.27. The van der Waals surface area contributed by atoms with E-state index in [1.54, 1.807) is 20.8 Å². The Morgan fingerprint density at radius 3 is 2.56 bits per heavy atom. The Morgan fingerprint density at radius 1 is 1.22 bits per heavy atom. The highest BCUT2D eigenvalue weighted by Gasteiger charge is 2.21. The zero-order valence-corrected chi connectivity index (χ0v) is 10.9. The van der Waals surface area contributed by atoms with Crippen LogP contribution >= 0.6 is 0 Å². The molecular weight excluding hydrogens is 230 g/mol. The van der Waals surface area contributed by atoms with Gasteiger partial charge in [-0.25, -0.2) is 9.79 Å². The summed E-state index contributed by atoms with van der Waals surface area (Å²) >= 11 is 0. The highest BCUT2D eigenvalue weighted by atomic mass is 16.7. The number of ether oxygens (including phenoxy) is 2. The Kier molecular flexibility index (Phi) is 3.36. The summed E-state index contributed by atoms with van der Waals surface area (Å²) in [5.41, 5.74) is 1.77. The molecule has 1 aliphatic heterocycles. The molecule has 0 bridgehead atoms. The molecule has 96 valence electrons. The van der Waals surface area contributed by atoms with Gasteiger partial charge in [0.15, 0.2) is 0 Å². The van der Waals surface area contributed by atoms with Gasteiger partial charge in [-0.15, -0.1) is 0 Å². The number of hydrogen-bond acceptors (Lipinski definition) is 4. The van der Waals surface area contributed by atoms with Gasteiger partial charge in [-0.2, -0.15) is 0 Å². The van der Waals surface area contributed by atoms with E-state index in [9.17, 15) is 4.79 Å². The van der Waals surface area contributed by atoms with Crippen LogP contribution in [0.1, 0.15) is 31.9 Å². The van der Waals surface area contributed by atoms with Gasteiger partial charge in [-0.3, -0.25) is 0 Å². The molecule has 1 aromatic rings. The van der Waals surface area contributed by atoms with Crippen LogP contribution in [0, 0.1) is 0 Å². The topological polar surface area (TPSA) is 47.9 Å². The van der Waals surface area contributed by atoms with Gasteiger partial charge < -0.3 is 9.47 Å². The maximum atomic E-state index is 11.5. The van der Waals surface area contributed by atoms with Crippen molar-refractivity contribution in [3.63, 3.8) is 0 Å². The van der Waals surface area contributed by atoms with Gasteiger partial charge in [0.1, 0.15) is 5.60 Å². The molecule has 18 heavy (non-hydrogen) atoms. The number of carbonyl (C=O) groups is 1. The van der Waals surface area contributed by atoms with Crippen molar-refractivity contribution >= 4 is 12.1 Å². The molecular formula is C14H17NO3. The molecule has 0 amide bonds. The van der Waals surface area contributed by atoms with Crippen molar-refractivity contribution in [2.45, 2.75) is 39.3 Å². The second-order valence-electron chi connectivity index (χ2n) is 5.22. The fourth-order valence-electron chi connectivity index (χ4n) is 1.71. The highest BCUT2D eigenvalue weighted by molar-refractivity contribution is 5.88. The first-order chi connectivity index (χ1) is 8.44. The number of nitrogens with zero attached hydrogens (tertiary/aromatic N) is 1. The number of fused-ring (bicyclic) bond motifs is 1. The SMILES string of the molecule is CC(C)(C)OC(=O)OC1=NCc2ccccc2C1. The third kappa shape index (κ3) is 3.32. The van der Waals surface area contributed by atoms with Crippen LogP contribution in [0.15, 0.2) is 29.3 Å². The van der Waals surface area contributed by atoms with Gasteiger partial charge in [0, 0.05) is 6.42 Å². The van der Waals surface area contributed by atoms with Gasteiger partial charge in [0.05, 0.1) is 6.54 Å². The highest BCUT2D eigenvalue weighted by Crippen LogP contribution is 2.17. The van der Waals surface area contributed by atoms with Gasteiger partial charge in [-0.1, -0.05) is 24.3 Å². The zero-order chi connectivity index (χ0) is 13.2. The van der Waals surface area contributed by atoms with E-state index < -0.39 is 11.8 Å². The molecule has 0 radical (unpaired) electrons. The number of hydrogen-bond donors (Lipinski definition) is 0. The molecule has 0 saturated carbocycles. The largest absolute Gasteiger partial charge is 0.515 e. The number of rotatable bonds is 0. The molecule has 4 heteroatoms. The molecule has 0 saturated heterocycles. The molecule has 2 rings (SSSR count). The van der Waals surface area contributed by atoms with Crippen molar-refractivity contribution in [3.8, 4) is 0 Å². The summed E-state index contributed by atoms with van der Waals surface area (Å²) in [5, 5.41) is 0. The molecule has 0 fully saturated rings. The Balaban J connectivity index is 1.97. The predicted octanol–water partition coefficient (Wildman–Crippen LogP) is 3.09. The summed E-state index contributed by atoms with van der Waals surface area (Å²) in [5.74, 6) is 0.419. The van der Waals surface area contributed by atoms with E-state index in [-0.39, 0.29) is 0 Å². The summed E-state index contributed by atoms with van der Waals surface area (Å²) in [6.45, 7) is 5.94. The van der Waals surface area contributed by atoms with Crippen molar-refractivity contribution < 1.29 is 14.3 Å². The molecule has 0 N–H and O–H groups in total. The van der Waals surface area contributed by atoms with Gasteiger partial charge >= 0.3 is 6.16 Å². The standard InChI is InChI=1S/C14H17NO3/c1-14(2,3)18-13(16)17-12-8-10-6-4-5-7-11(10)9-15-12/h4-7H,8-9H2,1-3H3. The summed E-state index contributed by atoms with van der Waals surface area (Å²) in [6, 6.07) is 7.99. The van der Waals surface area contributed by atoms with Gasteiger partial charge in [-0.05, 0) is 31.9 Å². The van der Waals surface area contributed by atoms with E-state index in [1.807, 2.05) is 24.3 Å². The first kappa shape index (κ1) is 12.6. The number of carbonyl (C=O) groups excluding carboxylic acids is 1. The molecule has 0 unspecified atom stereocenters. The van der Waals surface area contributed by atoms with Crippen LogP contribution in [-0.2, 0) is 22.4 Å². The molecule has 1 heterocycles. The van der Waals surface area contributed by atoms with Crippen molar-refractivity contribution in [1.29, 1.82) is 0 Å². The summed E-state index contributed by atoms with van der Waals surface area (Å²) in [6.07, 6.45) is -0.157. The number of aliphatic imine (C=N–C) groups is 1. The maximum absolute atomic E-state index is 11.5. The number of benzene rings is 1. The monoisotopic (exact) mass is 247 g/mol. The van der Waals surface area contributed by atoms with Crippen LogP contribution in [-0.4, -0.2) is 17.7 Å². The average Bonchev–Trinajstić information content (AvgIpc) is 2.26. The fourth-order valence-corrected chi connectivity index (χ4v) is 1.71. The minimum Gasteiger partial charge on any atom is -0.428 e. The maximum Gasteiger partial charge on any atom is 0.515 e. The Bertz CT molecular complexity index is 486. The molecule has 0 aromatic heterocycles. The molecule has 4 nitrogen and oxygen atoms in total. The Labute approximate surface area is 107 Å². The third-order valence-electron chi connectivity index (χ3n) is 2.48. The molecule has 0 spiro atoms. The van der Waals surface area contributed by atoms with Crippen LogP contribution in [0.5, 0.6) is 0 Å². The van der Waals surface area contributed by atoms with Gasteiger partial charge in [0.25, 0.3) is 0 Å². The van der Waals surface area contributed by atoms with E-state index in [4.69, 9.17) is 9.47 Å². The van der Waals surface area contributed by atoms with Crippen LogP contribution < -0.4 is 0 Å². The molecule has 1 aliphatic rings. The first-order valence-electron chi connectivity index (χ1n) is 5.95. The second-order valence-corrected chi connectivity index (χ2v) is 5.22. The van der Waals surface area contributed by atoms with E-state index in [2.05, 4.69) is 4.99 Å². The minimum absolute atomic E-state index is 0.419. The van der Waals surface area contributed by atoms with Crippen LogP contribution in [0.4, 0.5) is 4.79 Å². The summed E-state index contributed by atoms with van der Waals surface area (Å²) in [7, 11) is 0. The lowest BCUT2D eigenvalue weighted by Gasteiger charge is -2.20. The van der Waals surface area contributed by atoms with Crippen LogP contribution in [0.2, 0.25) is 0 Å². The molecule has 0 aliphatic carbocycles. The third-order valence-corrected chi connectivity index (χ3v) is 2.48. The average molecular weight is 247 g/mol. The normalized spacial score (nSPS) is 14.5. The van der Waals surface area contributed by atoms with E-state index in [0.717, 1.165) is 5.56 Å². The first-order valence-corrected chi connectivity index (χ1v) is 5.95. The molecule has 1 aromatic carbocycles. The fraction of sp³-hybridized carbons (Fsp3) is 0.429. The summed E-state index contributed by atoms with van der Waals surface area (Å²) < 4.78 is 10.2. The lowest BCUT2D eigenvalue weighted by atomic mass is 10.0. The van der Waals surface area contributed by atoms with Crippen molar-refractivity contribution in [2.75, 3.05) is 0 Å². The van der Waals surface area contributed by atoms with Crippen molar-refractivity contribution in [2.24, 2.45) is 4.99 Å². The van der Waals surface area contributed by atoms with E-state index >= 15 is 0 Å². The van der Waals surface area contributed by atoms with E-state index in [1.165, 1.54) is 5.56 Å². The van der Waals surface area contributed by atoms with Crippen molar-refractivity contribution in [3.05, 3.63) is 35.4 Å². The Hall–Kier alpha value is -1.84. The van der Waals surface area contributed by atoms with Crippen LogP contribution in [0.25, 0.3) is 0 Å². The van der Waals surface area contributed by atoms with Crippen LogP contribution in [0.3, 0.4) is 0 Å². The second kappa shape index (κ2) is 4.80. The predicted molar refractivity (Wildman–Crippen MR) is 68.6 cm³/mol. The Morgan fingerprint density at radius 2 is 1.89 bits per heavy atom. The quantitative estimate of drug-likeness (QED) is 0.662. The smallest absolute Gasteiger partial charge is 0.428 e. The lowest BCUT2D eigenvalue weighted by molar-refractivity contribution is 0.0174. The zero-order valence-electron chi connectivity index (χ0n) is 10.9.